The molecule has 0 spiro atoms. The Hall–Kier alpha value is -3.26. The number of benzene rings is 2. The second-order valence-electron chi connectivity index (χ2n) is 6.13. The molecule has 1 aromatic heterocycles. The van der Waals surface area contributed by atoms with Crippen LogP contribution >= 0.6 is 0 Å². The molecule has 0 aliphatic carbocycles. The summed E-state index contributed by atoms with van der Waals surface area (Å²) in [5, 5.41) is 2.75. The third-order valence-corrected chi connectivity index (χ3v) is 5.42. The molecule has 0 aliphatic rings. The number of aromatic nitrogens is 1. The van der Waals surface area contributed by atoms with E-state index in [1.807, 2.05) is 6.07 Å². The van der Waals surface area contributed by atoms with E-state index >= 15 is 0 Å². The van der Waals surface area contributed by atoms with Gasteiger partial charge in [-0.1, -0.05) is 12.1 Å². The van der Waals surface area contributed by atoms with E-state index in [-0.39, 0.29) is 28.6 Å². The normalized spacial score (nSPS) is 11.1. The van der Waals surface area contributed by atoms with Gasteiger partial charge in [0.15, 0.2) is 0 Å². The molecule has 8 heteroatoms. The van der Waals surface area contributed by atoms with E-state index < -0.39 is 15.8 Å². The van der Waals surface area contributed by atoms with Crippen molar-refractivity contribution in [3.63, 3.8) is 0 Å². The van der Waals surface area contributed by atoms with Gasteiger partial charge in [0.05, 0.1) is 4.90 Å². The maximum absolute atomic E-state index is 13.0. The number of nitrogens with one attached hydrogen (secondary N) is 2. The molecule has 3 rings (SSSR count). The van der Waals surface area contributed by atoms with Crippen molar-refractivity contribution in [1.82, 2.24) is 10.3 Å². The molecule has 3 aromatic rings. The van der Waals surface area contributed by atoms with Gasteiger partial charge < -0.3 is 5.32 Å². The van der Waals surface area contributed by atoms with Crippen molar-refractivity contribution in [2.75, 3.05) is 4.72 Å². The molecule has 1 amide bonds. The van der Waals surface area contributed by atoms with Crippen molar-refractivity contribution in [1.29, 1.82) is 0 Å². The fourth-order valence-electron chi connectivity index (χ4n) is 2.53. The average Bonchev–Trinajstić information content (AvgIpc) is 2.69. The number of carbonyl (C=O) groups is 1. The molecule has 0 atom stereocenters. The molecule has 0 unspecified atom stereocenters. The molecule has 6 nitrogen and oxygen atoms in total. The Morgan fingerprint density at radius 1 is 1.11 bits per heavy atom. The fourth-order valence-corrected chi connectivity index (χ4v) is 3.61. The largest absolute Gasteiger partial charge is 0.348 e. The lowest BCUT2D eigenvalue weighted by Gasteiger charge is -2.12. The zero-order valence-electron chi connectivity index (χ0n) is 15.0. The van der Waals surface area contributed by atoms with Crippen LogP contribution in [0.2, 0.25) is 0 Å². The predicted octanol–water partition coefficient (Wildman–Crippen LogP) is 3.26. The number of hydrogen-bond donors (Lipinski definition) is 2. The highest BCUT2D eigenvalue weighted by molar-refractivity contribution is 7.92. The lowest BCUT2D eigenvalue weighted by atomic mass is 10.1. The van der Waals surface area contributed by atoms with Crippen molar-refractivity contribution >= 4 is 21.6 Å². The van der Waals surface area contributed by atoms with Crippen LogP contribution in [-0.4, -0.2) is 19.3 Å². The Kier molecular flexibility index (Phi) is 5.70. The molecule has 2 N–H and O–H groups in total. The van der Waals surface area contributed by atoms with E-state index in [2.05, 4.69) is 15.0 Å². The van der Waals surface area contributed by atoms with Crippen molar-refractivity contribution < 1.29 is 17.6 Å². The Labute approximate surface area is 162 Å². The van der Waals surface area contributed by atoms with Crippen molar-refractivity contribution in [2.24, 2.45) is 0 Å². The molecule has 0 radical (unpaired) electrons. The van der Waals surface area contributed by atoms with Gasteiger partial charge in [-0.2, -0.15) is 0 Å². The van der Waals surface area contributed by atoms with Gasteiger partial charge in [-0.05, 0) is 60.5 Å². The van der Waals surface area contributed by atoms with Gasteiger partial charge in [-0.25, -0.2) is 12.8 Å². The van der Waals surface area contributed by atoms with Crippen LogP contribution in [0.4, 0.5) is 10.1 Å². The molecule has 0 aliphatic heterocycles. The Bertz CT molecular complexity index is 1090. The lowest BCUT2D eigenvalue weighted by Crippen LogP contribution is -2.24. The minimum absolute atomic E-state index is 0.0612. The van der Waals surface area contributed by atoms with Gasteiger partial charge in [0.1, 0.15) is 5.82 Å². The average molecular weight is 399 g/mol. The van der Waals surface area contributed by atoms with Crippen LogP contribution in [0.5, 0.6) is 0 Å². The van der Waals surface area contributed by atoms with Gasteiger partial charge >= 0.3 is 0 Å². The number of anilines is 1. The highest BCUT2D eigenvalue weighted by Crippen LogP contribution is 2.20. The van der Waals surface area contributed by atoms with E-state index in [0.717, 1.165) is 17.7 Å². The van der Waals surface area contributed by atoms with Crippen molar-refractivity contribution in [3.8, 4) is 0 Å². The van der Waals surface area contributed by atoms with Crippen molar-refractivity contribution in [3.05, 3.63) is 89.5 Å². The first kappa shape index (κ1) is 19.5. The van der Waals surface area contributed by atoms with Crippen LogP contribution in [0.15, 0.2) is 71.9 Å². The summed E-state index contributed by atoms with van der Waals surface area (Å²) in [6.07, 6.45) is 3.28. The number of pyridine rings is 1. The summed E-state index contributed by atoms with van der Waals surface area (Å²) >= 11 is 0. The Morgan fingerprint density at radius 2 is 1.86 bits per heavy atom. The monoisotopic (exact) mass is 399 g/mol. The van der Waals surface area contributed by atoms with Crippen LogP contribution < -0.4 is 10.0 Å². The molecule has 2 aromatic carbocycles. The minimum atomic E-state index is -3.93. The molecule has 0 saturated carbocycles. The van der Waals surface area contributed by atoms with Crippen LogP contribution in [0.25, 0.3) is 0 Å². The van der Waals surface area contributed by atoms with E-state index in [9.17, 15) is 17.6 Å². The lowest BCUT2D eigenvalue weighted by molar-refractivity contribution is 0.0950. The zero-order valence-corrected chi connectivity index (χ0v) is 15.8. The number of hydrogen-bond acceptors (Lipinski definition) is 4. The van der Waals surface area contributed by atoms with Gasteiger partial charge in [-0.3, -0.25) is 14.5 Å². The fraction of sp³-hybridized carbons (Fsp3) is 0.100. The molecular weight excluding hydrogens is 381 g/mol. The zero-order chi connectivity index (χ0) is 20.1. The first-order valence-corrected chi connectivity index (χ1v) is 9.89. The second kappa shape index (κ2) is 8.18. The number of halogens is 1. The Balaban J connectivity index is 1.79. The van der Waals surface area contributed by atoms with E-state index in [1.54, 1.807) is 31.5 Å². The standard InChI is InChI=1S/C20H18FN3O3S/c1-14-4-9-18(28(26,27)24-17-7-5-16(21)6-8-17)11-19(14)20(25)23-13-15-3-2-10-22-12-15/h2-12,24H,13H2,1H3,(H,23,25). The number of carbonyl (C=O) groups excluding carboxylic acids is 1. The summed E-state index contributed by atoms with van der Waals surface area (Å²) in [5.74, 6) is -0.856. The molecular formula is C20H18FN3O3S. The molecule has 144 valence electrons. The van der Waals surface area contributed by atoms with Crippen LogP contribution in [0.1, 0.15) is 21.5 Å². The highest BCUT2D eigenvalue weighted by Gasteiger charge is 2.18. The molecule has 0 saturated heterocycles. The Morgan fingerprint density at radius 3 is 2.54 bits per heavy atom. The van der Waals surface area contributed by atoms with E-state index in [4.69, 9.17) is 0 Å². The van der Waals surface area contributed by atoms with Gasteiger partial charge in [0.2, 0.25) is 0 Å². The smallest absolute Gasteiger partial charge is 0.261 e. The maximum Gasteiger partial charge on any atom is 0.261 e. The first-order chi connectivity index (χ1) is 13.3. The number of sulfonamides is 1. The van der Waals surface area contributed by atoms with Gasteiger partial charge in [0, 0.05) is 30.2 Å². The topological polar surface area (TPSA) is 88.2 Å². The summed E-state index contributed by atoms with van der Waals surface area (Å²) < 4.78 is 40.6. The van der Waals surface area contributed by atoms with Gasteiger partial charge in [-0.15, -0.1) is 0 Å². The summed E-state index contributed by atoms with van der Waals surface area (Å²) in [6, 6.07) is 12.9. The second-order valence-corrected chi connectivity index (χ2v) is 7.82. The van der Waals surface area contributed by atoms with Crippen LogP contribution in [0, 0.1) is 12.7 Å². The molecule has 1 heterocycles. The number of rotatable bonds is 6. The SMILES string of the molecule is Cc1ccc(S(=O)(=O)Nc2ccc(F)cc2)cc1C(=O)NCc1cccnc1. The van der Waals surface area contributed by atoms with Crippen LogP contribution in [-0.2, 0) is 16.6 Å². The van der Waals surface area contributed by atoms with Crippen molar-refractivity contribution in [2.45, 2.75) is 18.4 Å². The predicted molar refractivity (Wildman–Crippen MR) is 104 cm³/mol. The summed E-state index contributed by atoms with van der Waals surface area (Å²) in [6.45, 7) is 2.00. The minimum Gasteiger partial charge on any atom is -0.348 e. The number of amides is 1. The van der Waals surface area contributed by atoms with Gasteiger partial charge in [0.25, 0.3) is 15.9 Å². The summed E-state index contributed by atoms with van der Waals surface area (Å²) in [4.78, 5) is 16.4. The third-order valence-electron chi connectivity index (χ3n) is 4.04. The maximum atomic E-state index is 13.0. The molecule has 0 bridgehead atoms. The molecule has 0 fully saturated rings. The number of aryl methyl sites for hydroxylation is 1. The summed E-state index contributed by atoms with van der Waals surface area (Å²) in [5.41, 5.74) is 1.95. The number of nitrogens with zero attached hydrogens (tertiary/aromatic N) is 1. The summed E-state index contributed by atoms with van der Waals surface area (Å²) in [7, 11) is -3.93. The molecule has 28 heavy (non-hydrogen) atoms. The third kappa shape index (κ3) is 4.72. The van der Waals surface area contributed by atoms with E-state index in [0.29, 0.717) is 5.56 Å². The highest BCUT2D eigenvalue weighted by atomic mass is 32.2. The van der Waals surface area contributed by atoms with Crippen LogP contribution in [0.3, 0.4) is 0 Å². The first-order valence-electron chi connectivity index (χ1n) is 8.41. The quantitative estimate of drug-likeness (QED) is 0.666. The van der Waals surface area contributed by atoms with E-state index in [1.165, 1.54) is 24.3 Å².